The summed E-state index contributed by atoms with van der Waals surface area (Å²) in [7, 11) is 1.83. The molecule has 1 saturated heterocycles. The lowest BCUT2D eigenvalue weighted by molar-refractivity contribution is -0.137. The van der Waals surface area contributed by atoms with E-state index in [4.69, 9.17) is 4.74 Å². The molecule has 118 valence electrons. The lowest BCUT2D eigenvalue weighted by Gasteiger charge is -2.40. The number of halogens is 3. The molecule has 2 rings (SSSR count). The summed E-state index contributed by atoms with van der Waals surface area (Å²) in [6.07, 6.45) is -0.697. The maximum Gasteiger partial charge on any atom is 0.416 e. The third kappa shape index (κ3) is 3.98. The molecule has 1 fully saturated rings. The predicted molar refractivity (Wildman–Crippen MR) is 76.2 cm³/mol. The second kappa shape index (κ2) is 6.36. The zero-order valence-corrected chi connectivity index (χ0v) is 12.5. The molecule has 1 aliphatic rings. The Labute approximate surface area is 123 Å². The highest BCUT2D eigenvalue weighted by molar-refractivity contribution is 5.26. The maximum absolute atomic E-state index is 12.8. The number of hydrogen-bond donors (Lipinski definition) is 1. The van der Waals surface area contributed by atoms with Gasteiger partial charge in [-0.25, -0.2) is 0 Å². The van der Waals surface area contributed by atoms with Crippen LogP contribution in [0.1, 0.15) is 37.3 Å². The van der Waals surface area contributed by atoms with E-state index in [1.807, 2.05) is 14.0 Å². The van der Waals surface area contributed by atoms with Gasteiger partial charge in [-0.2, -0.15) is 13.2 Å². The molecular formula is C16H22F3NO. The van der Waals surface area contributed by atoms with E-state index in [-0.39, 0.29) is 11.6 Å². The van der Waals surface area contributed by atoms with Gasteiger partial charge in [-0.1, -0.05) is 18.2 Å². The summed E-state index contributed by atoms with van der Waals surface area (Å²) in [6.45, 7) is 2.76. The van der Waals surface area contributed by atoms with Crippen molar-refractivity contribution < 1.29 is 17.9 Å². The monoisotopic (exact) mass is 301 g/mol. The Hall–Kier alpha value is -1.07. The highest BCUT2D eigenvalue weighted by atomic mass is 19.4. The number of benzene rings is 1. The number of alkyl halides is 3. The van der Waals surface area contributed by atoms with Crippen LogP contribution >= 0.6 is 0 Å². The van der Waals surface area contributed by atoms with Crippen molar-refractivity contribution in [1.82, 2.24) is 5.32 Å². The summed E-state index contributed by atoms with van der Waals surface area (Å²) in [5.41, 5.74) is -0.231. The quantitative estimate of drug-likeness (QED) is 0.913. The lowest BCUT2D eigenvalue weighted by atomic mass is 9.84. The molecule has 0 saturated carbocycles. The number of likely N-dealkylation sites (N-methyl/N-ethyl adjacent to an activating group) is 1. The highest BCUT2D eigenvalue weighted by Crippen LogP contribution is 2.32. The fourth-order valence-electron chi connectivity index (χ4n) is 2.96. The summed E-state index contributed by atoms with van der Waals surface area (Å²) in [4.78, 5) is 0. The van der Waals surface area contributed by atoms with Gasteiger partial charge in [0.2, 0.25) is 0 Å². The van der Waals surface area contributed by atoms with E-state index in [0.29, 0.717) is 12.0 Å². The summed E-state index contributed by atoms with van der Waals surface area (Å²) < 4.78 is 44.2. The smallest absolute Gasteiger partial charge is 0.374 e. The van der Waals surface area contributed by atoms with Gasteiger partial charge in [0, 0.05) is 12.6 Å². The largest absolute Gasteiger partial charge is 0.416 e. The Bertz CT molecular complexity index is 467. The van der Waals surface area contributed by atoms with Crippen molar-refractivity contribution in [3.8, 4) is 0 Å². The van der Waals surface area contributed by atoms with E-state index in [0.717, 1.165) is 31.9 Å². The molecule has 0 amide bonds. The Morgan fingerprint density at radius 1 is 1.33 bits per heavy atom. The Morgan fingerprint density at radius 3 is 2.67 bits per heavy atom. The van der Waals surface area contributed by atoms with Gasteiger partial charge in [0.1, 0.15) is 0 Å². The molecule has 1 aromatic carbocycles. The van der Waals surface area contributed by atoms with Gasteiger partial charge >= 0.3 is 6.18 Å². The molecular weight excluding hydrogens is 279 g/mol. The molecule has 1 heterocycles. The first kappa shape index (κ1) is 16.3. The zero-order chi connectivity index (χ0) is 15.5. The SMILES string of the molecule is CNC(Cc1cccc(C(F)(F)F)c1)C1(C)CCCCO1. The minimum atomic E-state index is -4.30. The summed E-state index contributed by atoms with van der Waals surface area (Å²) >= 11 is 0. The van der Waals surface area contributed by atoms with Crippen molar-refractivity contribution >= 4 is 0 Å². The van der Waals surface area contributed by atoms with Crippen molar-refractivity contribution in [2.24, 2.45) is 0 Å². The first-order valence-electron chi connectivity index (χ1n) is 7.32. The van der Waals surface area contributed by atoms with Crippen LogP contribution in [-0.4, -0.2) is 25.3 Å². The van der Waals surface area contributed by atoms with E-state index in [1.54, 1.807) is 6.07 Å². The van der Waals surface area contributed by atoms with Crippen LogP contribution in [0.5, 0.6) is 0 Å². The van der Waals surface area contributed by atoms with E-state index in [2.05, 4.69) is 5.32 Å². The molecule has 2 atom stereocenters. The number of nitrogens with one attached hydrogen (secondary N) is 1. The van der Waals surface area contributed by atoms with Crippen LogP contribution < -0.4 is 5.32 Å². The van der Waals surface area contributed by atoms with Crippen LogP contribution in [0.25, 0.3) is 0 Å². The standard InChI is InChI=1S/C16H22F3NO/c1-15(8-3-4-9-21-15)14(20-2)11-12-6-5-7-13(10-12)16(17,18)19/h5-7,10,14,20H,3-4,8-9,11H2,1-2H3. The molecule has 21 heavy (non-hydrogen) atoms. The second-order valence-electron chi connectivity index (χ2n) is 5.86. The van der Waals surface area contributed by atoms with Crippen molar-refractivity contribution in [3.05, 3.63) is 35.4 Å². The third-order valence-corrected chi connectivity index (χ3v) is 4.28. The molecule has 2 unspecified atom stereocenters. The first-order valence-corrected chi connectivity index (χ1v) is 7.32. The van der Waals surface area contributed by atoms with Crippen LogP contribution in [0.15, 0.2) is 24.3 Å². The Balaban J connectivity index is 2.15. The molecule has 0 aromatic heterocycles. The van der Waals surface area contributed by atoms with Crippen molar-refractivity contribution in [2.45, 2.75) is 50.4 Å². The van der Waals surface area contributed by atoms with Gasteiger partial charge in [0.15, 0.2) is 0 Å². The van der Waals surface area contributed by atoms with Crippen LogP contribution in [0.3, 0.4) is 0 Å². The average molecular weight is 301 g/mol. The topological polar surface area (TPSA) is 21.3 Å². The Morgan fingerprint density at radius 2 is 2.10 bits per heavy atom. The lowest BCUT2D eigenvalue weighted by Crippen LogP contribution is -2.52. The molecule has 1 aliphatic heterocycles. The molecule has 5 heteroatoms. The minimum absolute atomic E-state index is 0.00119. The molecule has 0 aliphatic carbocycles. The molecule has 0 radical (unpaired) electrons. The molecule has 0 spiro atoms. The van der Waals surface area contributed by atoms with Crippen LogP contribution in [0.2, 0.25) is 0 Å². The maximum atomic E-state index is 12.8. The van der Waals surface area contributed by atoms with Gasteiger partial charge in [0.05, 0.1) is 11.2 Å². The molecule has 0 bridgehead atoms. The Kier molecular flexibility index (Phi) is 4.94. The van der Waals surface area contributed by atoms with E-state index >= 15 is 0 Å². The summed E-state index contributed by atoms with van der Waals surface area (Å²) in [5, 5.41) is 3.21. The average Bonchev–Trinajstić information content (AvgIpc) is 2.45. The zero-order valence-electron chi connectivity index (χ0n) is 12.5. The number of rotatable bonds is 4. The van der Waals surface area contributed by atoms with Crippen molar-refractivity contribution in [2.75, 3.05) is 13.7 Å². The summed E-state index contributed by atoms with van der Waals surface area (Å²) in [5.74, 6) is 0. The van der Waals surface area contributed by atoms with E-state index in [1.165, 1.54) is 12.1 Å². The third-order valence-electron chi connectivity index (χ3n) is 4.28. The van der Waals surface area contributed by atoms with Crippen LogP contribution in [0, 0.1) is 0 Å². The minimum Gasteiger partial charge on any atom is -0.374 e. The van der Waals surface area contributed by atoms with Crippen molar-refractivity contribution in [3.63, 3.8) is 0 Å². The van der Waals surface area contributed by atoms with Crippen molar-refractivity contribution in [1.29, 1.82) is 0 Å². The van der Waals surface area contributed by atoms with E-state index in [9.17, 15) is 13.2 Å². The van der Waals surface area contributed by atoms with Gasteiger partial charge in [-0.3, -0.25) is 0 Å². The van der Waals surface area contributed by atoms with Gasteiger partial charge < -0.3 is 10.1 Å². The number of ether oxygens (including phenoxy) is 1. The molecule has 1 N–H and O–H groups in total. The summed E-state index contributed by atoms with van der Waals surface area (Å²) in [6, 6.07) is 5.55. The predicted octanol–water partition coefficient (Wildman–Crippen LogP) is 3.80. The van der Waals surface area contributed by atoms with Crippen LogP contribution in [-0.2, 0) is 17.3 Å². The molecule has 1 aromatic rings. The second-order valence-corrected chi connectivity index (χ2v) is 5.86. The fraction of sp³-hybridized carbons (Fsp3) is 0.625. The van der Waals surface area contributed by atoms with Gasteiger partial charge in [-0.05, 0) is 51.3 Å². The van der Waals surface area contributed by atoms with Gasteiger partial charge in [0.25, 0.3) is 0 Å². The van der Waals surface area contributed by atoms with Crippen LogP contribution in [0.4, 0.5) is 13.2 Å². The van der Waals surface area contributed by atoms with Gasteiger partial charge in [-0.15, -0.1) is 0 Å². The first-order chi connectivity index (χ1) is 9.85. The molecule has 2 nitrogen and oxygen atoms in total. The fourth-order valence-corrected chi connectivity index (χ4v) is 2.96. The highest BCUT2D eigenvalue weighted by Gasteiger charge is 2.36. The normalized spacial score (nSPS) is 24.8. The number of hydrogen-bond acceptors (Lipinski definition) is 2. The van der Waals surface area contributed by atoms with E-state index < -0.39 is 11.7 Å².